The molecule has 5 atom stereocenters. The average molecular weight is 486 g/mol. The number of alkyl halides is 1. The van der Waals surface area contributed by atoms with Crippen molar-refractivity contribution in [3.05, 3.63) is 29.8 Å². The van der Waals surface area contributed by atoms with Crippen LogP contribution in [0.2, 0.25) is 0 Å². The fraction of sp³-hybridized carbons (Fsp3) is 0.652. The van der Waals surface area contributed by atoms with Gasteiger partial charge in [0, 0.05) is 38.3 Å². The molecule has 0 spiro atoms. The van der Waals surface area contributed by atoms with Gasteiger partial charge in [0.05, 0.1) is 36.0 Å². The van der Waals surface area contributed by atoms with Crippen molar-refractivity contribution >= 4 is 35.8 Å². The summed E-state index contributed by atoms with van der Waals surface area (Å²) in [5.41, 5.74) is 1.16. The van der Waals surface area contributed by atoms with E-state index in [0.29, 0.717) is 19.6 Å². The number of rotatable bonds is 7. The summed E-state index contributed by atoms with van der Waals surface area (Å²) in [7, 11) is 0. The monoisotopic (exact) mass is 485 g/mol. The molecule has 178 valence electrons. The Morgan fingerprint density at radius 1 is 1.16 bits per heavy atom. The van der Waals surface area contributed by atoms with E-state index in [1.807, 2.05) is 25.1 Å². The Kier molecular flexibility index (Phi) is 8.81. The number of halogens is 2. The topological polar surface area (TPSA) is 82.1 Å². The Labute approximate surface area is 200 Å². The number of amides is 2. The fourth-order valence-electron chi connectivity index (χ4n) is 5.21. The van der Waals surface area contributed by atoms with Gasteiger partial charge in [-0.3, -0.25) is 19.4 Å². The summed E-state index contributed by atoms with van der Waals surface area (Å²) in [6, 6.07) is 8.33. The number of nitrogens with one attached hydrogen (secondary N) is 1. The number of hydrogen-bond donors (Lipinski definition) is 2. The third kappa shape index (κ3) is 5.07. The van der Waals surface area contributed by atoms with Crippen LogP contribution in [-0.4, -0.2) is 77.5 Å². The molecule has 0 aromatic heterocycles. The Bertz CT molecular complexity index is 783. The second kappa shape index (κ2) is 11.2. The van der Waals surface area contributed by atoms with Crippen LogP contribution in [0.25, 0.3) is 0 Å². The summed E-state index contributed by atoms with van der Waals surface area (Å²) < 4.78 is 5.84. The molecule has 9 heteroatoms. The number of para-hydroxylation sites is 1. The standard InChI is InChI=1S/C23H32ClN3O4.ClH/c1-2-31-21-7-4-3-6-15(21)19-14-25-8-11-26(19)9-5-10-27-22(29)16-12-18(24)20(28)13-17(16)23(27)30;/h3-4,6-7,16-20,25,28H,2,5,8-14H2,1H3;1H. The van der Waals surface area contributed by atoms with Gasteiger partial charge >= 0.3 is 0 Å². The maximum atomic E-state index is 12.8. The molecule has 1 aromatic rings. The first-order valence-electron chi connectivity index (χ1n) is 11.3. The van der Waals surface area contributed by atoms with Crippen molar-refractivity contribution in [3.63, 3.8) is 0 Å². The lowest BCUT2D eigenvalue weighted by Gasteiger charge is -2.37. The lowest BCUT2D eigenvalue weighted by Crippen LogP contribution is -2.47. The SMILES string of the molecule is CCOc1ccccc1C1CNCCN1CCCN1C(=O)C2CC(O)C(Cl)CC2C1=O.Cl. The van der Waals surface area contributed by atoms with E-state index < -0.39 is 17.4 Å². The molecule has 4 rings (SSSR count). The number of imide groups is 1. The van der Waals surface area contributed by atoms with Crippen LogP contribution in [0.5, 0.6) is 5.75 Å². The van der Waals surface area contributed by atoms with Crippen molar-refractivity contribution in [3.8, 4) is 5.75 Å². The summed E-state index contributed by atoms with van der Waals surface area (Å²) >= 11 is 6.15. The normalized spacial score (nSPS) is 30.7. The highest BCUT2D eigenvalue weighted by Gasteiger charge is 2.51. The molecule has 7 nitrogen and oxygen atoms in total. The second-order valence-electron chi connectivity index (χ2n) is 8.68. The first-order chi connectivity index (χ1) is 15.0. The number of nitrogens with zero attached hydrogens (tertiary/aromatic N) is 2. The van der Waals surface area contributed by atoms with Crippen LogP contribution in [0.4, 0.5) is 0 Å². The zero-order valence-corrected chi connectivity index (χ0v) is 20.0. The van der Waals surface area contributed by atoms with Gasteiger partial charge in [0.2, 0.25) is 11.8 Å². The quantitative estimate of drug-likeness (QED) is 0.455. The Morgan fingerprint density at radius 3 is 2.62 bits per heavy atom. The van der Waals surface area contributed by atoms with E-state index in [-0.39, 0.29) is 42.6 Å². The molecule has 1 aliphatic carbocycles. The number of likely N-dealkylation sites (tertiary alicyclic amines) is 1. The van der Waals surface area contributed by atoms with Gasteiger partial charge in [-0.05, 0) is 32.3 Å². The number of fused-ring (bicyclic) bond motifs is 1. The van der Waals surface area contributed by atoms with E-state index >= 15 is 0 Å². The molecule has 5 unspecified atom stereocenters. The summed E-state index contributed by atoms with van der Waals surface area (Å²) in [4.78, 5) is 29.4. The highest BCUT2D eigenvalue weighted by Crippen LogP contribution is 2.40. The summed E-state index contributed by atoms with van der Waals surface area (Å²) in [5, 5.41) is 13.0. The fourth-order valence-corrected chi connectivity index (χ4v) is 5.50. The highest BCUT2D eigenvalue weighted by atomic mass is 35.5. The number of piperazine rings is 1. The van der Waals surface area contributed by atoms with E-state index in [9.17, 15) is 14.7 Å². The molecular formula is C23H33Cl2N3O4. The van der Waals surface area contributed by atoms with E-state index in [4.69, 9.17) is 16.3 Å². The molecule has 2 aliphatic heterocycles. The molecule has 2 N–H and O–H groups in total. The first-order valence-corrected chi connectivity index (χ1v) is 11.8. The van der Waals surface area contributed by atoms with Gasteiger partial charge in [-0.15, -0.1) is 24.0 Å². The minimum atomic E-state index is -0.716. The van der Waals surface area contributed by atoms with Crippen LogP contribution in [0.3, 0.4) is 0 Å². The van der Waals surface area contributed by atoms with Crippen LogP contribution < -0.4 is 10.1 Å². The van der Waals surface area contributed by atoms with Gasteiger partial charge in [-0.2, -0.15) is 0 Å². The molecule has 3 aliphatic rings. The number of carbonyl (C=O) groups is 2. The summed E-state index contributed by atoms with van der Waals surface area (Å²) in [6.45, 7) is 6.46. The van der Waals surface area contributed by atoms with Crippen LogP contribution in [0.15, 0.2) is 24.3 Å². The number of carbonyl (C=O) groups excluding carboxylic acids is 2. The van der Waals surface area contributed by atoms with E-state index in [2.05, 4.69) is 16.3 Å². The minimum absolute atomic E-state index is 0. The van der Waals surface area contributed by atoms with Crippen LogP contribution in [0.1, 0.15) is 37.8 Å². The van der Waals surface area contributed by atoms with E-state index in [1.165, 1.54) is 4.90 Å². The molecule has 32 heavy (non-hydrogen) atoms. The van der Waals surface area contributed by atoms with Gasteiger partial charge in [-0.1, -0.05) is 18.2 Å². The van der Waals surface area contributed by atoms with Gasteiger partial charge in [0.25, 0.3) is 0 Å². The maximum Gasteiger partial charge on any atom is 0.233 e. The van der Waals surface area contributed by atoms with Crippen molar-refractivity contribution in [1.29, 1.82) is 0 Å². The van der Waals surface area contributed by atoms with E-state index in [1.54, 1.807) is 0 Å². The van der Waals surface area contributed by atoms with Gasteiger partial charge < -0.3 is 15.2 Å². The average Bonchev–Trinajstić information content (AvgIpc) is 2.99. The van der Waals surface area contributed by atoms with Crippen LogP contribution >= 0.6 is 24.0 Å². The van der Waals surface area contributed by atoms with Crippen LogP contribution in [-0.2, 0) is 9.59 Å². The molecule has 2 amide bonds. The van der Waals surface area contributed by atoms with Crippen molar-refractivity contribution in [2.75, 3.05) is 39.3 Å². The lowest BCUT2D eigenvalue weighted by molar-refractivity contribution is -0.140. The van der Waals surface area contributed by atoms with Gasteiger partial charge in [-0.25, -0.2) is 0 Å². The van der Waals surface area contributed by atoms with Crippen LogP contribution in [0, 0.1) is 11.8 Å². The molecule has 3 fully saturated rings. The first kappa shape index (κ1) is 25.2. The molecule has 1 aromatic carbocycles. The van der Waals surface area contributed by atoms with Gasteiger partial charge in [0.15, 0.2) is 0 Å². The van der Waals surface area contributed by atoms with Crippen molar-refractivity contribution in [2.24, 2.45) is 11.8 Å². The predicted molar refractivity (Wildman–Crippen MR) is 125 cm³/mol. The molecule has 2 saturated heterocycles. The van der Waals surface area contributed by atoms with Crippen molar-refractivity contribution in [2.45, 2.75) is 43.7 Å². The zero-order chi connectivity index (χ0) is 22.0. The Morgan fingerprint density at radius 2 is 1.88 bits per heavy atom. The third-order valence-corrected chi connectivity index (χ3v) is 7.27. The maximum absolute atomic E-state index is 12.8. The smallest absolute Gasteiger partial charge is 0.233 e. The molecule has 1 saturated carbocycles. The van der Waals surface area contributed by atoms with Crippen molar-refractivity contribution in [1.82, 2.24) is 15.1 Å². The minimum Gasteiger partial charge on any atom is -0.494 e. The zero-order valence-electron chi connectivity index (χ0n) is 18.4. The Balaban J connectivity index is 0.00000289. The molecular weight excluding hydrogens is 453 g/mol. The van der Waals surface area contributed by atoms with Crippen molar-refractivity contribution < 1.29 is 19.4 Å². The molecule has 2 heterocycles. The number of aliphatic hydroxyl groups excluding tert-OH is 1. The summed E-state index contributed by atoms with van der Waals surface area (Å²) in [5.74, 6) is -0.139. The lowest BCUT2D eigenvalue weighted by atomic mass is 9.79. The predicted octanol–water partition coefficient (Wildman–Crippen LogP) is 2.21. The molecule has 0 radical (unpaired) electrons. The number of aliphatic hydroxyl groups is 1. The highest BCUT2D eigenvalue weighted by molar-refractivity contribution is 6.21. The summed E-state index contributed by atoms with van der Waals surface area (Å²) in [6.07, 6.45) is 0.666. The largest absolute Gasteiger partial charge is 0.494 e. The number of ether oxygens (including phenoxy) is 1. The van der Waals surface area contributed by atoms with E-state index in [0.717, 1.165) is 43.9 Å². The second-order valence-corrected chi connectivity index (χ2v) is 9.24. The molecule has 0 bridgehead atoms. The Hall–Kier alpha value is -1.38. The third-order valence-electron chi connectivity index (χ3n) is 6.80. The number of benzene rings is 1. The number of hydrogen-bond acceptors (Lipinski definition) is 6. The van der Waals surface area contributed by atoms with Gasteiger partial charge in [0.1, 0.15) is 5.75 Å².